The monoisotopic (exact) mass is 388 g/mol. The summed E-state index contributed by atoms with van der Waals surface area (Å²) >= 11 is 0. The fraction of sp³-hybridized carbons (Fsp3) is 0.375. The van der Waals surface area contributed by atoms with Crippen molar-refractivity contribution in [3.8, 4) is 0 Å². The minimum Gasteiger partial charge on any atom is -0.354 e. The first-order valence-corrected chi connectivity index (χ1v) is 10.3. The summed E-state index contributed by atoms with van der Waals surface area (Å²) in [5.41, 5.74) is 6.34. The molecule has 29 heavy (non-hydrogen) atoms. The van der Waals surface area contributed by atoms with Crippen LogP contribution in [0.25, 0.3) is 11.0 Å². The number of aromatic nitrogens is 2. The molecule has 150 valence electrons. The number of pyridine rings is 2. The number of nitrogens with zero attached hydrogens (tertiary/aromatic N) is 3. The summed E-state index contributed by atoms with van der Waals surface area (Å²) in [6, 6.07) is 10.1. The minimum absolute atomic E-state index is 0.0414. The molecule has 0 unspecified atom stereocenters. The molecule has 0 radical (unpaired) electrons. The summed E-state index contributed by atoms with van der Waals surface area (Å²) in [7, 11) is 0. The van der Waals surface area contributed by atoms with Gasteiger partial charge in [-0.3, -0.25) is 4.79 Å². The van der Waals surface area contributed by atoms with Crippen LogP contribution in [-0.4, -0.2) is 33.9 Å². The molecule has 0 aliphatic carbocycles. The zero-order valence-corrected chi connectivity index (χ0v) is 17.6. The van der Waals surface area contributed by atoms with E-state index in [1.54, 1.807) is 6.20 Å². The number of hydrogen-bond acceptors (Lipinski definition) is 4. The fourth-order valence-corrected chi connectivity index (χ4v) is 3.87. The third kappa shape index (κ3) is 3.82. The van der Waals surface area contributed by atoms with E-state index in [9.17, 15) is 4.79 Å². The van der Waals surface area contributed by atoms with Crippen molar-refractivity contribution in [2.45, 2.75) is 40.5 Å². The van der Waals surface area contributed by atoms with E-state index in [0.717, 1.165) is 48.4 Å². The van der Waals surface area contributed by atoms with Crippen LogP contribution in [0.1, 0.15) is 46.9 Å². The SMILES string of the molecule is Cc1ccc2c(Nc3cccc(C)c3C)c(C(=O)N3CCC(C)CC3)cnc2n1. The first-order valence-electron chi connectivity index (χ1n) is 10.3. The summed E-state index contributed by atoms with van der Waals surface area (Å²) in [5, 5.41) is 4.41. The van der Waals surface area contributed by atoms with E-state index in [-0.39, 0.29) is 5.91 Å². The Hall–Kier alpha value is -2.95. The lowest BCUT2D eigenvalue weighted by Gasteiger charge is -2.31. The molecule has 0 bridgehead atoms. The highest BCUT2D eigenvalue weighted by atomic mass is 16.2. The topological polar surface area (TPSA) is 58.1 Å². The van der Waals surface area contributed by atoms with Crippen molar-refractivity contribution in [1.82, 2.24) is 14.9 Å². The molecule has 2 aromatic heterocycles. The Balaban J connectivity index is 1.81. The normalized spacial score (nSPS) is 15.0. The van der Waals surface area contributed by atoms with Gasteiger partial charge in [0.15, 0.2) is 5.65 Å². The van der Waals surface area contributed by atoms with Gasteiger partial charge in [-0.15, -0.1) is 0 Å². The van der Waals surface area contributed by atoms with Crippen LogP contribution in [0.15, 0.2) is 36.5 Å². The second-order valence-electron chi connectivity index (χ2n) is 8.22. The molecular weight excluding hydrogens is 360 g/mol. The lowest BCUT2D eigenvalue weighted by molar-refractivity contribution is 0.0698. The predicted octanol–water partition coefficient (Wildman–Crippen LogP) is 5.17. The maximum Gasteiger partial charge on any atom is 0.257 e. The Morgan fingerprint density at radius 2 is 1.86 bits per heavy atom. The third-order valence-electron chi connectivity index (χ3n) is 6.03. The molecule has 1 N–H and O–H groups in total. The van der Waals surface area contributed by atoms with Crippen LogP contribution >= 0.6 is 0 Å². The number of benzene rings is 1. The van der Waals surface area contributed by atoms with Gasteiger partial charge in [0.25, 0.3) is 5.91 Å². The van der Waals surface area contributed by atoms with Crippen molar-refractivity contribution in [2.75, 3.05) is 18.4 Å². The second-order valence-corrected chi connectivity index (χ2v) is 8.22. The number of hydrogen-bond donors (Lipinski definition) is 1. The second kappa shape index (κ2) is 7.82. The average molecular weight is 389 g/mol. The van der Waals surface area contributed by atoms with Crippen molar-refractivity contribution in [1.29, 1.82) is 0 Å². The van der Waals surface area contributed by atoms with Gasteiger partial charge in [0.1, 0.15) is 0 Å². The smallest absolute Gasteiger partial charge is 0.257 e. The molecule has 5 nitrogen and oxygen atoms in total. The van der Waals surface area contributed by atoms with E-state index < -0.39 is 0 Å². The van der Waals surface area contributed by atoms with Gasteiger partial charge in [-0.25, -0.2) is 9.97 Å². The van der Waals surface area contributed by atoms with Gasteiger partial charge in [-0.2, -0.15) is 0 Å². The molecule has 3 heterocycles. The number of aryl methyl sites for hydroxylation is 2. The summed E-state index contributed by atoms with van der Waals surface area (Å²) in [6.07, 6.45) is 3.78. The molecule has 0 saturated carbocycles. The maximum absolute atomic E-state index is 13.4. The van der Waals surface area contributed by atoms with Crippen molar-refractivity contribution >= 4 is 28.3 Å². The highest BCUT2D eigenvalue weighted by Crippen LogP contribution is 2.32. The Bertz CT molecular complexity index is 1070. The molecule has 1 aliphatic heterocycles. The number of fused-ring (bicyclic) bond motifs is 1. The van der Waals surface area contributed by atoms with Crippen LogP contribution < -0.4 is 5.32 Å². The van der Waals surface area contributed by atoms with Gasteiger partial charge in [0.05, 0.1) is 11.3 Å². The van der Waals surface area contributed by atoms with E-state index in [2.05, 4.69) is 42.1 Å². The number of likely N-dealkylation sites (tertiary alicyclic amines) is 1. The molecular formula is C24H28N4O. The van der Waals surface area contributed by atoms with Gasteiger partial charge < -0.3 is 10.2 Å². The van der Waals surface area contributed by atoms with Crippen molar-refractivity contribution in [3.05, 3.63) is 58.9 Å². The zero-order valence-electron chi connectivity index (χ0n) is 17.6. The first kappa shape index (κ1) is 19.4. The van der Waals surface area contributed by atoms with Gasteiger partial charge in [0, 0.05) is 36.1 Å². The van der Waals surface area contributed by atoms with Gasteiger partial charge in [-0.1, -0.05) is 19.1 Å². The molecule has 1 amide bonds. The maximum atomic E-state index is 13.4. The zero-order chi connectivity index (χ0) is 20.5. The highest BCUT2D eigenvalue weighted by molar-refractivity contribution is 6.07. The average Bonchev–Trinajstić information content (AvgIpc) is 2.71. The molecule has 0 spiro atoms. The molecule has 5 heteroatoms. The minimum atomic E-state index is 0.0414. The van der Waals surface area contributed by atoms with Crippen LogP contribution in [0, 0.1) is 26.7 Å². The van der Waals surface area contributed by atoms with Gasteiger partial charge in [-0.05, 0) is 68.9 Å². The third-order valence-corrected chi connectivity index (χ3v) is 6.03. The van der Waals surface area contributed by atoms with E-state index in [4.69, 9.17) is 0 Å². The quantitative estimate of drug-likeness (QED) is 0.672. The van der Waals surface area contributed by atoms with E-state index in [0.29, 0.717) is 17.1 Å². The number of nitrogens with one attached hydrogen (secondary N) is 1. The lowest BCUT2D eigenvalue weighted by atomic mass is 9.98. The molecule has 4 rings (SSSR count). The van der Waals surface area contributed by atoms with E-state index in [1.807, 2.05) is 36.1 Å². The Morgan fingerprint density at radius 3 is 2.62 bits per heavy atom. The van der Waals surface area contributed by atoms with Crippen LogP contribution in [0.3, 0.4) is 0 Å². The largest absolute Gasteiger partial charge is 0.354 e. The van der Waals surface area contributed by atoms with Crippen LogP contribution in [0.4, 0.5) is 11.4 Å². The number of anilines is 2. The Kier molecular flexibility index (Phi) is 5.22. The number of amides is 1. The molecule has 1 saturated heterocycles. The van der Waals surface area contributed by atoms with Crippen molar-refractivity contribution in [2.24, 2.45) is 5.92 Å². The van der Waals surface area contributed by atoms with Crippen LogP contribution in [0.2, 0.25) is 0 Å². The first-order chi connectivity index (χ1) is 13.9. The van der Waals surface area contributed by atoms with Crippen molar-refractivity contribution in [3.63, 3.8) is 0 Å². The van der Waals surface area contributed by atoms with E-state index >= 15 is 0 Å². The van der Waals surface area contributed by atoms with Crippen LogP contribution in [0.5, 0.6) is 0 Å². The standard InChI is InChI=1S/C24H28N4O/c1-15-10-12-28(13-11-15)24(29)20-14-25-23-19(9-8-17(3)26-23)22(20)27-21-7-5-6-16(2)18(21)4/h5-9,14-15H,10-13H2,1-4H3,(H,25,26,27). The molecule has 1 fully saturated rings. The summed E-state index contributed by atoms with van der Waals surface area (Å²) < 4.78 is 0. The van der Waals surface area contributed by atoms with E-state index in [1.165, 1.54) is 11.1 Å². The number of carbonyl (C=O) groups excluding carboxylic acids is 1. The highest BCUT2D eigenvalue weighted by Gasteiger charge is 2.25. The Labute approximate surface area is 172 Å². The molecule has 1 aromatic carbocycles. The number of piperidine rings is 1. The van der Waals surface area contributed by atoms with Gasteiger partial charge in [0.2, 0.25) is 0 Å². The number of carbonyl (C=O) groups is 1. The number of rotatable bonds is 3. The van der Waals surface area contributed by atoms with Gasteiger partial charge >= 0.3 is 0 Å². The van der Waals surface area contributed by atoms with Crippen LogP contribution in [-0.2, 0) is 0 Å². The van der Waals surface area contributed by atoms with Crippen molar-refractivity contribution < 1.29 is 4.79 Å². The fourth-order valence-electron chi connectivity index (χ4n) is 3.87. The summed E-state index contributed by atoms with van der Waals surface area (Å²) in [4.78, 5) is 24.4. The lowest BCUT2D eigenvalue weighted by Crippen LogP contribution is -2.38. The summed E-state index contributed by atoms with van der Waals surface area (Å²) in [6.45, 7) is 9.99. The molecule has 3 aromatic rings. The predicted molar refractivity (Wildman–Crippen MR) is 118 cm³/mol. The summed E-state index contributed by atoms with van der Waals surface area (Å²) in [5.74, 6) is 0.716. The molecule has 1 aliphatic rings. The molecule has 0 atom stereocenters. The Morgan fingerprint density at radius 1 is 1.10 bits per heavy atom.